The number of likely N-dealkylation sites (tertiary alicyclic amines) is 1. The van der Waals surface area contributed by atoms with Crippen LogP contribution in [-0.4, -0.2) is 45.3 Å². The average molecular weight is 403 g/mol. The van der Waals surface area contributed by atoms with Gasteiger partial charge in [-0.1, -0.05) is 24.1 Å². The number of nitrogens with zero attached hydrogens (tertiary/aromatic N) is 2. The fourth-order valence-corrected chi connectivity index (χ4v) is 4.26. The van der Waals surface area contributed by atoms with Gasteiger partial charge in [0.25, 0.3) is 0 Å². The molecule has 1 aliphatic heterocycles. The lowest BCUT2D eigenvalue weighted by molar-refractivity contribution is 0.0959. The van der Waals surface area contributed by atoms with E-state index in [0.29, 0.717) is 12.1 Å². The van der Waals surface area contributed by atoms with E-state index in [1.165, 1.54) is 30.5 Å². The van der Waals surface area contributed by atoms with Crippen LogP contribution in [0.4, 0.5) is 5.69 Å². The van der Waals surface area contributed by atoms with Crippen molar-refractivity contribution in [3.8, 4) is 11.5 Å². The van der Waals surface area contributed by atoms with Gasteiger partial charge in [-0.15, -0.1) is 0 Å². The molecule has 0 amide bonds. The maximum Gasteiger partial charge on any atom is 0.161 e. The van der Waals surface area contributed by atoms with Gasteiger partial charge < -0.3 is 14.4 Å². The van der Waals surface area contributed by atoms with Crippen molar-refractivity contribution in [1.29, 1.82) is 0 Å². The molecule has 0 aliphatic carbocycles. The van der Waals surface area contributed by atoms with Gasteiger partial charge in [-0.25, -0.2) is 0 Å². The summed E-state index contributed by atoms with van der Waals surface area (Å²) in [5.74, 6) is 1.58. The predicted molar refractivity (Wildman–Crippen MR) is 117 cm³/mol. The molecule has 2 unspecified atom stereocenters. The van der Waals surface area contributed by atoms with E-state index in [2.05, 4.69) is 48.0 Å². The highest BCUT2D eigenvalue weighted by Gasteiger charge is 2.29. The van der Waals surface area contributed by atoms with Crippen molar-refractivity contribution in [3.63, 3.8) is 0 Å². The second-order valence-electron chi connectivity index (χ2n) is 7.55. The molecule has 4 nitrogen and oxygen atoms in total. The maximum absolute atomic E-state index is 6.02. The molecule has 2 atom stereocenters. The van der Waals surface area contributed by atoms with Crippen LogP contribution in [0.3, 0.4) is 0 Å². The van der Waals surface area contributed by atoms with Gasteiger partial charge in [-0.3, -0.25) is 4.90 Å². The normalized spacial score (nSPS) is 20.0. The molecular weight excluding hydrogens is 372 g/mol. The third-order valence-corrected chi connectivity index (χ3v) is 6.07. The number of rotatable bonds is 7. The molecule has 0 radical (unpaired) electrons. The summed E-state index contributed by atoms with van der Waals surface area (Å²) in [5, 5.41) is 0.773. The van der Waals surface area contributed by atoms with Gasteiger partial charge in [0.05, 0.1) is 14.2 Å². The molecule has 2 aromatic rings. The van der Waals surface area contributed by atoms with E-state index in [1.54, 1.807) is 14.2 Å². The highest BCUT2D eigenvalue weighted by molar-refractivity contribution is 6.30. The first-order valence-corrected chi connectivity index (χ1v) is 10.4. The van der Waals surface area contributed by atoms with Gasteiger partial charge in [0.15, 0.2) is 11.5 Å². The molecule has 1 fully saturated rings. The van der Waals surface area contributed by atoms with Crippen molar-refractivity contribution in [1.82, 2.24) is 4.90 Å². The lowest BCUT2D eigenvalue weighted by atomic mass is 9.91. The van der Waals surface area contributed by atoms with Crippen LogP contribution in [0.25, 0.3) is 0 Å². The Bertz CT molecular complexity index is 766. The van der Waals surface area contributed by atoms with E-state index in [4.69, 9.17) is 21.1 Å². The molecule has 28 heavy (non-hydrogen) atoms. The van der Waals surface area contributed by atoms with Crippen molar-refractivity contribution in [2.75, 3.05) is 39.3 Å². The first-order valence-electron chi connectivity index (χ1n) is 9.98. The second-order valence-corrected chi connectivity index (χ2v) is 7.98. The zero-order valence-corrected chi connectivity index (χ0v) is 18.1. The van der Waals surface area contributed by atoms with Crippen molar-refractivity contribution < 1.29 is 9.47 Å². The molecule has 0 bridgehead atoms. The van der Waals surface area contributed by atoms with E-state index in [9.17, 15) is 0 Å². The molecule has 3 rings (SSSR count). The molecule has 1 aliphatic rings. The van der Waals surface area contributed by atoms with Crippen LogP contribution in [0.15, 0.2) is 42.5 Å². The standard InChI is InChI=1S/C23H31ClN2O2/c1-17-6-5-7-21(18-8-13-22(27-3)23(16-18)28-4)26(17)15-14-25(2)20-11-9-19(24)10-12-20/h8-13,16-17,21H,5-7,14-15H2,1-4H3. The number of hydrogen-bond acceptors (Lipinski definition) is 4. The zero-order valence-electron chi connectivity index (χ0n) is 17.3. The summed E-state index contributed by atoms with van der Waals surface area (Å²) in [6.45, 7) is 4.32. The highest BCUT2D eigenvalue weighted by atomic mass is 35.5. The van der Waals surface area contributed by atoms with Gasteiger partial charge >= 0.3 is 0 Å². The fourth-order valence-electron chi connectivity index (χ4n) is 4.13. The lowest BCUT2D eigenvalue weighted by Gasteiger charge is -2.42. The zero-order chi connectivity index (χ0) is 20.1. The van der Waals surface area contributed by atoms with Crippen LogP contribution < -0.4 is 14.4 Å². The van der Waals surface area contributed by atoms with Gasteiger partial charge in [0, 0.05) is 42.9 Å². The van der Waals surface area contributed by atoms with Crippen LogP contribution in [0.1, 0.15) is 37.8 Å². The highest BCUT2D eigenvalue weighted by Crippen LogP contribution is 2.38. The van der Waals surface area contributed by atoms with Crippen LogP contribution in [0.5, 0.6) is 11.5 Å². The number of ether oxygens (including phenoxy) is 2. The first kappa shape index (κ1) is 20.8. The molecule has 5 heteroatoms. The minimum absolute atomic E-state index is 0.405. The molecule has 1 heterocycles. The van der Waals surface area contributed by atoms with Crippen LogP contribution >= 0.6 is 11.6 Å². The Morgan fingerprint density at radius 2 is 1.75 bits per heavy atom. The fraction of sp³-hybridized carbons (Fsp3) is 0.478. The molecule has 0 spiro atoms. The van der Waals surface area contributed by atoms with Crippen LogP contribution in [-0.2, 0) is 0 Å². The van der Waals surface area contributed by atoms with Gasteiger partial charge in [-0.2, -0.15) is 0 Å². The largest absolute Gasteiger partial charge is 0.493 e. The topological polar surface area (TPSA) is 24.9 Å². The van der Waals surface area contributed by atoms with Gasteiger partial charge in [-0.05, 0) is 61.7 Å². The van der Waals surface area contributed by atoms with E-state index in [0.717, 1.165) is 29.6 Å². The summed E-state index contributed by atoms with van der Waals surface area (Å²) in [6, 6.07) is 15.4. The Kier molecular flexibility index (Phi) is 7.08. The molecule has 0 aromatic heterocycles. The number of likely N-dealkylation sites (N-methyl/N-ethyl adjacent to an activating group) is 1. The Balaban J connectivity index is 1.74. The number of anilines is 1. The van der Waals surface area contributed by atoms with Crippen molar-refractivity contribution in [2.24, 2.45) is 0 Å². The van der Waals surface area contributed by atoms with Crippen molar-refractivity contribution >= 4 is 17.3 Å². The summed E-state index contributed by atoms with van der Waals surface area (Å²) in [6.07, 6.45) is 3.67. The minimum Gasteiger partial charge on any atom is -0.493 e. The maximum atomic E-state index is 6.02. The predicted octanol–water partition coefficient (Wildman–Crippen LogP) is 5.41. The second kappa shape index (κ2) is 9.53. The number of benzene rings is 2. The SMILES string of the molecule is COc1ccc(C2CCCC(C)N2CCN(C)c2ccc(Cl)cc2)cc1OC. The van der Waals surface area contributed by atoms with Crippen molar-refractivity contribution in [3.05, 3.63) is 53.1 Å². The Morgan fingerprint density at radius 3 is 2.43 bits per heavy atom. The quantitative estimate of drug-likeness (QED) is 0.618. The van der Waals surface area contributed by atoms with Gasteiger partial charge in [0.1, 0.15) is 0 Å². The average Bonchev–Trinajstić information content (AvgIpc) is 2.72. The lowest BCUT2D eigenvalue weighted by Crippen LogP contribution is -2.44. The summed E-state index contributed by atoms with van der Waals surface area (Å²) in [7, 11) is 5.52. The smallest absolute Gasteiger partial charge is 0.161 e. The summed E-state index contributed by atoms with van der Waals surface area (Å²) in [5.41, 5.74) is 2.50. The molecule has 0 N–H and O–H groups in total. The summed E-state index contributed by atoms with van der Waals surface area (Å²) < 4.78 is 10.9. The number of hydrogen-bond donors (Lipinski definition) is 0. The van der Waals surface area contributed by atoms with Gasteiger partial charge in [0.2, 0.25) is 0 Å². The number of methoxy groups -OCH3 is 2. The third kappa shape index (κ3) is 4.73. The van der Waals surface area contributed by atoms with E-state index in [-0.39, 0.29) is 0 Å². The van der Waals surface area contributed by atoms with Crippen LogP contribution in [0.2, 0.25) is 5.02 Å². The van der Waals surface area contributed by atoms with E-state index < -0.39 is 0 Å². The number of piperidine rings is 1. The summed E-state index contributed by atoms with van der Waals surface area (Å²) in [4.78, 5) is 4.93. The molecule has 152 valence electrons. The summed E-state index contributed by atoms with van der Waals surface area (Å²) >= 11 is 6.02. The first-order chi connectivity index (χ1) is 13.5. The Morgan fingerprint density at radius 1 is 1.04 bits per heavy atom. The number of halogens is 1. The Hall–Kier alpha value is -1.91. The third-order valence-electron chi connectivity index (χ3n) is 5.82. The van der Waals surface area contributed by atoms with E-state index in [1.807, 2.05) is 18.2 Å². The van der Waals surface area contributed by atoms with Crippen LogP contribution in [0, 0.1) is 0 Å². The van der Waals surface area contributed by atoms with E-state index >= 15 is 0 Å². The molecular formula is C23H31ClN2O2. The monoisotopic (exact) mass is 402 g/mol. The molecule has 0 saturated carbocycles. The minimum atomic E-state index is 0.405. The molecule has 1 saturated heterocycles. The van der Waals surface area contributed by atoms with Crippen molar-refractivity contribution in [2.45, 2.75) is 38.3 Å². The Labute approximate surface area is 174 Å². The molecule has 2 aromatic carbocycles.